The average molecular weight is 255 g/mol. The van der Waals surface area contributed by atoms with Crippen LogP contribution in [0.4, 0.5) is 11.4 Å². The summed E-state index contributed by atoms with van der Waals surface area (Å²) in [6.07, 6.45) is 3.60. The van der Waals surface area contributed by atoms with Crippen molar-refractivity contribution >= 4 is 22.4 Å². The van der Waals surface area contributed by atoms with E-state index >= 15 is 0 Å². The molecule has 0 aliphatic heterocycles. The van der Waals surface area contributed by atoms with Gasteiger partial charge < -0.3 is 10.6 Å². The molecular weight excluding hydrogens is 242 g/mol. The van der Waals surface area contributed by atoms with E-state index in [1.54, 1.807) is 6.20 Å². The topological polar surface area (TPSA) is 81.1 Å². The number of benzene rings is 1. The second-order valence-corrected chi connectivity index (χ2v) is 4.35. The van der Waals surface area contributed by atoms with E-state index in [-0.39, 0.29) is 0 Å². The summed E-state index contributed by atoms with van der Waals surface area (Å²) in [5.41, 5.74) is 9.70. The third kappa shape index (κ3) is 2.08. The number of nitrogens with zero attached hydrogens (tertiary/aromatic N) is 4. The summed E-state index contributed by atoms with van der Waals surface area (Å²) in [6.45, 7) is 0.722. The van der Waals surface area contributed by atoms with Gasteiger partial charge in [-0.05, 0) is 34.1 Å². The second-order valence-electron chi connectivity index (χ2n) is 4.35. The molecule has 0 radical (unpaired) electrons. The summed E-state index contributed by atoms with van der Waals surface area (Å²) < 4.78 is 4.77. The maximum Gasteiger partial charge on any atom is 0.160 e. The number of rotatable bonds is 3. The van der Waals surface area contributed by atoms with Gasteiger partial charge in [0.05, 0.1) is 11.4 Å². The summed E-state index contributed by atoms with van der Waals surface area (Å²) >= 11 is 0. The van der Waals surface area contributed by atoms with Crippen LogP contribution in [0.5, 0.6) is 0 Å². The first kappa shape index (κ1) is 11.5. The van der Waals surface area contributed by atoms with Crippen LogP contribution in [0.3, 0.4) is 0 Å². The zero-order chi connectivity index (χ0) is 13.2. The lowest BCUT2D eigenvalue weighted by molar-refractivity contribution is 0.315. The molecule has 0 amide bonds. The molecule has 2 aromatic heterocycles. The highest BCUT2D eigenvalue weighted by Gasteiger charge is 2.13. The highest BCUT2D eigenvalue weighted by atomic mass is 16.6. The van der Waals surface area contributed by atoms with Crippen LogP contribution in [0, 0.1) is 0 Å². The van der Waals surface area contributed by atoms with E-state index in [4.69, 9.17) is 10.4 Å². The smallest absolute Gasteiger partial charge is 0.160 e. The van der Waals surface area contributed by atoms with Crippen molar-refractivity contribution in [2.75, 3.05) is 17.7 Å². The largest absolute Gasteiger partial charge is 0.397 e. The van der Waals surface area contributed by atoms with Crippen molar-refractivity contribution in [2.24, 2.45) is 0 Å². The maximum absolute atomic E-state index is 5.83. The maximum atomic E-state index is 5.83. The Labute approximate surface area is 109 Å². The van der Waals surface area contributed by atoms with E-state index in [1.807, 2.05) is 37.5 Å². The SMILES string of the molecule is CN(Cc1cccnc1)c1ccc(N)c2nonc12. The lowest BCUT2D eigenvalue weighted by Gasteiger charge is -2.19. The van der Waals surface area contributed by atoms with Crippen LogP contribution < -0.4 is 10.6 Å². The van der Waals surface area contributed by atoms with Gasteiger partial charge in [-0.15, -0.1) is 0 Å². The quantitative estimate of drug-likeness (QED) is 0.719. The lowest BCUT2D eigenvalue weighted by atomic mass is 10.2. The van der Waals surface area contributed by atoms with Crippen molar-refractivity contribution in [1.29, 1.82) is 0 Å². The minimum atomic E-state index is 0.565. The van der Waals surface area contributed by atoms with Gasteiger partial charge in [0.25, 0.3) is 0 Å². The van der Waals surface area contributed by atoms with Crippen molar-refractivity contribution in [2.45, 2.75) is 6.54 Å². The van der Waals surface area contributed by atoms with Gasteiger partial charge >= 0.3 is 0 Å². The highest BCUT2D eigenvalue weighted by molar-refractivity contribution is 5.95. The van der Waals surface area contributed by atoms with Crippen LogP contribution in [0.1, 0.15) is 5.56 Å². The summed E-state index contributed by atoms with van der Waals surface area (Å²) in [7, 11) is 1.98. The molecule has 96 valence electrons. The van der Waals surface area contributed by atoms with E-state index in [2.05, 4.69) is 20.2 Å². The Hall–Kier alpha value is -2.63. The number of fused-ring (bicyclic) bond motifs is 1. The van der Waals surface area contributed by atoms with Crippen LogP contribution in [-0.2, 0) is 6.54 Å². The van der Waals surface area contributed by atoms with E-state index in [0.29, 0.717) is 16.7 Å². The van der Waals surface area contributed by atoms with Gasteiger partial charge in [-0.25, -0.2) is 4.63 Å². The molecule has 0 atom stereocenters. The lowest BCUT2D eigenvalue weighted by Crippen LogP contribution is -2.17. The Balaban J connectivity index is 1.96. The fraction of sp³-hybridized carbons (Fsp3) is 0.154. The Morgan fingerprint density at radius 2 is 2.05 bits per heavy atom. The van der Waals surface area contributed by atoms with Crippen LogP contribution in [0.2, 0.25) is 0 Å². The number of hydrogen-bond acceptors (Lipinski definition) is 6. The van der Waals surface area contributed by atoms with Gasteiger partial charge in [-0.1, -0.05) is 6.07 Å². The number of anilines is 2. The number of hydrogen-bond donors (Lipinski definition) is 1. The second kappa shape index (κ2) is 4.56. The minimum absolute atomic E-state index is 0.565. The van der Waals surface area contributed by atoms with E-state index in [0.717, 1.165) is 17.8 Å². The Bertz CT molecular complexity index is 695. The van der Waals surface area contributed by atoms with Crippen molar-refractivity contribution < 1.29 is 4.63 Å². The van der Waals surface area contributed by atoms with Crippen LogP contribution >= 0.6 is 0 Å². The van der Waals surface area contributed by atoms with Gasteiger partial charge in [-0.2, -0.15) is 0 Å². The molecule has 0 saturated carbocycles. The highest BCUT2D eigenvalue weighted by Crippen LogP contribution is 2.28. The number of nitrogens with two attached hydrogens (primary N) is 1. The molecule has 19 heavy (non-hydrogen) atoms. The van der Waals surface area contributed by atoms with Gasteiger partial charge in [0.15, 0.2) is 11.0 Å². The van der Waals surface area contributed by atoms with Crippen LogP contribution in [0.25, 0.3) is 11.0 Å². The molecule has 2 N–H and O–H groups in total. The molecule has 0 aliphatic carbocycles. The zero-order valence-electron chi connectivity index (χ0n) is 10.4. The summed E-state index contributed by atoms with van der Waals surface area (Å²) in [4.78, 5) is 6.16. The fourth-order valence-electron chi connectivity index (χ4n) is 2.03. The normalized spacial score (nSPS) is 10.8. The Morgan fingerprint density at radius 3 is 2.84 bits per heavy atom. The first-order chi connectivity index (χ1) is 9.25. The molecule has 6 heteroatoms. The molecule has 0 saturated heterocycles. The Kier molecular flexibility index (Phi) is 2.75. The predicted molar refractivity (Wildman–Crippen MR) is 72.6 cm³/mol. The summed E-state index contributed by atoms with van der Waals surface area (Å²) in [5, 5.41) is 7.74. The van der Waals surface area contributed by atoms with Crippen molar-refractivity contribution in [3.63, 3.8) is 0 Å². The first-order valence-corrected chi connectivity index (χ1v) is 5.86. The van der Waals surface area contributed by atoms with Crippen LogP contribution in [-0.4, -0.2) is 22.3 Å². The third-order valence-corrected chi connectivity index (χ3v) is 2.98. The molecule has 2 heterocycles. The molecule has 0 aliphatic rings. The predicted octanol–water partition coefficient (Wildman–Crippen LogP) is 1.84. The number of pyridine rings is 1. The molecule has 6 nitrogen and oxygen atoms in total. The average Bonchev–Trinajstić information content (AvgIpc) is 2.90. The molecule has 0 spiro atoms. The van der Waals surface area contributed by atoms with Gasteiger partial charge in [0, 0.05) is 26.0 Å². The molecule has 0 fully saturated rings. The van der Waals surface area contributed by atoms with E-state index < -0.39 is 0 Å². The molecule has 3 aromatic rings. The standard InChI is InChI=1S/C13H13N5O/c1-18(8-9-3-2-6-15-7-9)11-5-4-10(14)12-13(11)17-19-16-12/h2-7H,8,14H2,1H3. The summed E-state index contributed by atoms with van der Waals surface area (Å²) in [6, 6.07) is 7.66. The van der Waals surface area contributed by atoms with Crippen LogP contribution in [0.15, 0.2) is 41.3 Å². The van der Waals surface area contributed by atoms with E-state index in [1.165, 1.54) is 0 Å². The molecular formula is C13H13N5O. The van der Waals surface area contributed by atoms with Crippen molar-refractivity contribution in [3.05, 3.63) is 42.2 Å². The molecule has 1 aromatic carbocycles. The van der Waals surface area contributed by atoms with Gasteiger partial charge in [0.1, 0.15) is 0 Å². The van der Waals surface area contributed by atoms with Crippen molar-refractivity contribution in [1.82, 2.24) is 15.3 Å². The molecule has 0 bridgehead atoms. The minimum Gasteiger partial charge on any atom is -0.397 e. The number of nitrogen functional groups attached to an aromatic ring is 1. The van der Waals surface area contributed by atoms with Crippen molar-refractivity contribution in [3.8, 4) is 0 Å². The van der Waals surface area contributed by atoms with Gasteiger partial charge in [0.2, 0.25) is 0 Å². The van der Waals surface area contributed by atoms with Gasteiger partial charge in [-0.3, -0.25) is 4.98 Å². The number of aromatic nitrogens is 3. The third-order valence-electron chi connectivity index (χ3n) is 2.98. The first-order valence-electron chi connectivity index (χ1n) is 5.86. The fourth-order valence-corrected chi connectivity index (χ4v) is 2.03. The molecule has 0 unspecified atom stereocenters. The zero-order valence-corrected chi connectivity index (χ0v) is 10.4. The molecule has 3 rings (SSSR count). The summed E-state index contributed by atoms with van der Waals surface area (Å²) in [5.74, 6) is 0. The monoisotopic (exact) mass is 255 g/mol. The van der Waals surface area contributed by atoms with E-state index in [9.17, 15) is 0 Å². The Morgan fingerprint density at radius 1 is 1.21 bits per heavy atom.